The van der Waals surface area contributed by atoms with Gasteiger partial charge in [0.05, 0.1) is 5.57 Å². The number of fused-ring (bicyclic) bond motifs is 1. The maximum absolute atomic E-state index is 12.5. The predicted molar refractivity (Wildman–Crippen MR) is 84.9 cm³/mol. The van der Waals surface area contributed by atoms with Crippen LogP contribution in [0.3, 0.4) is 0 Å². The average molecular weight is 306 g/mol. The van der Waals surface area contributed by atoms with Crippen LogP contribution in [-0.2, 0) is 0 Å². The van der Waals surface area contributed by atoms with E-state index in [4.69, 9.17) is 0 Å². The second kappa shape index (κ2) is 5.65. The smallest absolute Gasteiger partial charge is 0.228 e. The van der Waals surface area contributed by atoms with Crippen LogP contribution in [0.1, 0.15) is 43.1 Å². The van der Waals surface area contributed by atoms with Crippen molar-refractivity contribution in [2.45, 2.75) is 13.3 Å². The highest BCUT2D eigenvalue weighted by Gasteiger charge is 2.32. The molecule has 0 heterocycles. The molecular weight excluding hydrogens is 292 g/mol. The molecule has 0 aromatic heterocycles. The van der Waals surface area contributed by atoms with E-state index in [0.717, 1.165) is 5.56 Å². The van der Waals surface area contributed by atoms with Crippen LogP contribution < -0.4 is 0 Å². The van der Waals surface area contributed by atoms with Gasteiger partial charge in [-0.25, -0.2) is 0 Å². The van der Waals surface area contributed by atoms with Gasteiger partial charge in [-0.2, -0.15) is 0 Å². The Kier molecular flexibility index (Phi) is 3.66. The molecule has 23 heavy (non-hydrogen) atoms. The van der Waals surface area contributed by atoms with Crippen molar-refractivity contribution in [3.05, 3.63) is 82.1 Å². The Hall–Kier alpha value is -3.01. The lowest BCUT2D eigenvalue weighted by Gasteiger charge is -2.17. The van der Waals surface area contributed by atoms with Gasteiger partial charge >= 0.3 is 0 Å². The summed E-state index contributed by atoms with van der Waals surface area (Å²) in [5, 5.41) is 10.1. The Morgan fingerprint density at radius 1 is 0.913 bits per heavy atom. The molecule has 0 fully saturated rings. The highest BCUT2D eigenvalue weighted by Crippen LogP contribution is 2.27. The third-order valence-electron chi connectivity index (χ3n) is 3.90. The lowest BCUT2D eigenvalue weighted by atomic mass is 9.85. The fourth-order valence-corrected chi connectivity index (χ4v) is 2.58. The summed E-state index contributed by atoms with van der Waals surface area (Å²) >= 11 is 0. The first-order valence-corrected chi connectivity index (χ1v) is 7.19. The molecule has 2 aromatic carbocycles. The van der Waals surface area contributed by atoms with E-state index in [9.17, 15) is 19.5 Å². The lowest BCUT2D eigenvalue weighted by Crippen LogP contribution is -2.23. The zero-order valence-corrected chi connectivity index (χ0v) is 12.5. The number of aryl methyl sites for hydroxylation is 1. The highest BCUT2D eigenvalue weighted by atomic mass is 16.3. The first kappa shape index (κ1) is 14.9. The Balaban J connectivity index is 1.95. The minimum absolute atomic E-state index is 0.140. The normalized spacial score (nSPS) is 14.0. The third-order valence-corrected chi connectivity index (χ3v) is 3.90. The van der Waals surface area contributed by atoms with E-state index < -0.39 is 17.3 Å². The van der Waals surface area contributed by atoms with Crippen LogP contribution in [0.4, 0.5) is 0 Å². The minimum Gasteiger partial charge on any atom is -0.504 e. The molecule has 1 N–H and O–H groups in total. The lowest BCUT2D eigenvalue weighted by molar-refractivity contribution is 0.0910. The molecule has 0 aliphatic heterocycles. The van der Waals surface area contributed by atoms with Gasteiger partial charge in [-0.3, -0.25) is 14.4 Å². The van der Waals surface area contributed by atoms with E-state index in [1.165, 1.54) is 12.1 Å². The summed E-state index contributed by atoms with van der Waals surface area (Å²) in [4.78, 5) is 37.0. The standard InChI is InChI=1S/C19H14O4/c1-11-6-8-12(9-7-11)16(20)10-15-17(21)13-4-2-3-5-14(13)18(22)19(15)23/h2-9,23H,10H2,1H3. The number of hydrogen-bond donors (Lipinski definition) is 1. The van der Waals surface area contributed by atoms with Crippen molar-refractivity contribution in [3.63, 3.8) is 0 Å². The molecule has 3 rings (SSSR count). The number of carbonyl (C=O) groups excluding carboxylic acids is 3. The number of benzene rings is 2. The summed E-state index contributed by atoms with van der Waals surface area (Å²) in [6.45, 7) is 1.91. The number of hydrogen-bond acceptors (Lipinski definition) is 4. The Morgan fingerprint density at radius 3 is 2.09 bits per heavy atom. The van der Waals surface area contributed by atoms with Gasteiger partial charge in [-0.15, -0.1) is 0 Å². The van der Waals surface area contributed by atoms with Gasteiger partial charge in [0.2, 0.25) is 5.78 Å². The molecular formula is C19H14O4. The molecule has 114 valence electrons. The molecule has 1 aliphatic carbocycles. The topological polar surface area (TPSA) is 71.4 Å². The van der Waals surface area contributed by atoms with Gasteiger partial charge < -0.3 is 5.11 Å². The van der Waals surface area contributed by atoms with Crippen molar-refractivity contribution in [3.8, 4) is 0 Å². The van der Waals surface area contributed by atoms with Crippen molar-refractivity contribution in [1.29, 1.82) is 0 Å². The van der Waals surface area contributed by atoms with Crippen LogP contribution in [0.5, 0.6) is 0 Å². The van der Waals surface area contributed by atoms with Gasteiger partial charge in [-0.1, -0.05) is 54.1 Å². The van der Waals surface area contributed by atoms with Crippen LogP contribution in [0.2, 0.25) is 0 Å². The number of aliphatic hydroxyl groups is 1. The van der Waals surface area contributed by atoms with E-state index in [2.05, 4.69) is 0 Å². The van der Waals surface area contributed by atoms with E-state index >= 15 is 0 Å². The molecule has 1 aliphatic rings. The van der Waals surface area contributed by atoms with Gasteiger partial charge in [0.25, 0.3) is 0 Å². The minimum atomic E-state index is -0.630. The highest BCUT2D eigenvalue weighted by molar-refractivity contribution is 6.27. The summed E-state index contributed by atoms with van der Waals surface area (Å²) < 4.78 is 0. The summed E-state index contributed by atoms with van der Waals surface area (Å²) in [7, 11) is 0. The number of Topliss-reactive ketones (excluding diaryl/α,β-unsaturated/α-hetero) is 3. The molecule has 2 aromatic rings. The van der Waals surface area contributed by atoms with E-state index in [0.29, 0.717) is 5.56 Å². The van der Waals surface area contributed by atoms with Crippen LogP contribution in [0.15, 0.2) is 59.9 Å². The molecule has 0 amide bonds. The van der Waals surface area contributed by atoms with Gasteiger partial charge in [0.15, 0.2) is 17.3 Å². The van der Waals surface area contributed by atoms with E-state index in [1.54, 1.807) is 36.4 Å². The average Bonchev–Trinajstić information content (AvgIpc) is 2.57. The van der Waals surface area contributed by atoms with Crippen LogP contribution in [0, 0.1) is 6.92 Å². The van der Waals surface area contributed by atoms with Crippen molar-refractivity contribution < 1.29 is 19.5 Å². The van der Waals surface area contributed by atoms with Crippen molar-refractivity contribution in [1.82, 2.24) is 0 Å². The molecule has 0 spiro atoms. The zero-order valence-electron chi connectivity index (χ0n) is 12.5. The maximum Gasteiger partial charge on any atom is 0.228 e. The number of rotatable bonds is 3. The fourth-order valence-electron chi connectivity index (χ4n) is 2.58. The predicted octanol–water partition coefficient (Wildman–Crippen LogP) is 3.46. The van der Waals surface area contributed by atoms with Crippen molar-refractivity contribution in [2.75, 3.05) is 0 Å². The number of ketones is 3. The maximum atomic E-state index is 12.5. The number of allylic oxidation sites excluding steroid dienone is 2. The largest absolute Gasteiger partial charge is 0.504 e. The first-order valence-electron chi connectivity index (χ1n) is 7.19. The monoisotopic (exact) mass is 306 g/mol. The van der Waals surface area contributed by atoms with Gasteiger partial charge in [-0.05, 0) is 6.92 Å². The van der Waals surface area contributed by atoms with Crippen LogP contribution in [0.25, 0.3) is 0 Å². The summed E-state index contributed by atoms with van der Waals surface area (Å²) in [6.07, 6.45) is -0.298. The fraction of sp³-hybridized carbons (Fsp3) is 0.105. The Labute approximate surface area is 133 Å². The molecule has 0 saturated heterocycles. The summed E-state index contributed by atoms with van der Waals surface area (Å²) in [6, 6.07) is 13.2. The van der Waals surface area contributed by atoms with E-state index in [1.807, 2.05) is 6.92 Å². The first-order chi connectivity index (χ1) is 11.0. The van der Waals surface area contributed by atoms with Crippen LogP contribution in [-0.4, -0.2) is 22.5 Å². The Bertz CT molecular complexity index is 857. The molecule has 0 radical (unpaired) electrons. The molecule has 0 unspecified atom stereocenters. The third kappa shape index (κ3) is 2.59. The Morgan fingerprint density at radius 2 is 1.48 bits per heavy atom. The zero-order chi connectivity index (χ0) is 16.6. The summed E-state index contributed by atoms with van der Waals surface area (Å²) in [5.41, 5.74) is 1.71. The quantitative estimate of drug-likeness (QED) is 0.881. The molecule has 0 atom stereocenters. The van der Waals surface area contributed by atoms with Gasteiger partial charge in [0, 0.05) is 23.1 Å². The second-order valence-electron chi connectivity index (χ2n) is 5.50. The van der Waals surface area contributed by atoms with Crippen molar-refractivity contribution >= 4 is 17.3 Å². The SMILES string of the molecule is Cc1ccc(C(=O)CC2=C(O)C(=O)c3ccccc3C2=O)cc1. The number of carbonyl (C=O) groups is 3. The van der Waals surface area contributed by atoms with Crippen LogP contribution >= 0.6 is 0 Å². The number of aliphatic hydroxyl groups excluding tert-OH is 1. The molecule has 0 saturated carbocycles. The molecule has 4 heteroatoms. The second-order valence-corrected chi connectivity index (χ2v) is 5.50. The van der Waals surface area contributed by atoms with E-state index in [-0.39, 0.29) is 28.9 Å². The molecule has 4 nitrogen and oxygen atoms in total. The summed E-state index contributed by atoms with van der Waals surface area (Å²) in [5.74, 6) is -2.04. The van der Waals surface area contributed by atoms with Crippen molar-refractivity contribution in [2.24, 2.45) is 0 Å². The molecule has 0 bridgehead atoms. The van der Waals surface area contributed by atoms with Gasteiger partial charge in [0.1, 0.15) is 0 Å².